The molecule has 1 rings (SSSR count). The zero-order valence-electron chi connectivity index (χ0n) is 7.80. The highest BCUT2D eigenvalue weighted by molar-refractivity contribution is 8.01. The summed E-state index contributed by atoms with van der Waals surface area (Å²) in [6.07, 6.45) is 13.0. The largest absolute Gasteiger partial charge is 0.157 e. The second kappa shape index (κ2) is 4.66. The average molecular weight is 191 g/mol. The SMILES string of the molecule is CSC1CCCCC1[S+](C)C. The van der Waals surface area contributed by atoms with Crippen LogP contribution < -0.4 is 0 Å². The molecule has 0 aromatic heterocycles. The second-order valence-corrected chi connectivity index (χ2v) is 6.92. The highest BCUT2D eigenvalue weighted by Crippen LogP contribution is 2.31. The van der Waals surface area contributed by atoms with Crippen LogP contribution in [0.15, 0.2) is 0 Å². The molecule has 11 heavy (non-hydrogen) atoms. The molecule has 2 atom stereocenters. The van der Waals surface area contributed by atoms with Crippen LogP contribution in [0.3, 0.4) is 0 Å². The van der Waals surface area contributed by atoms with Crippen LogP contribution in [0.5, 0.6) is 0 Å². The zero-order valence-corrected chi connectivity index (χ0v) is 9.43. The molecule has 0 saturated heterocycles. The van der Waals surface area contributed by atoms with Crippen molar-refractivity contribution in [2.75, 3.05) is 18.8 Å². The number of hydrogen-bond acceptors (Lipinski definition) is 1. The van der Waals surface area contributed by atoms with Crippen LogP contribution in [0.1, 0.15) is 25.7 Å². The lowest BCUT2D eigenvalue weighted by molar-refractivity contribution is 0.526. The molecule has 0 radical (unpaired) electrons. The van der Waals surface area contributed by atoms with Gasteiger partial charge < -0.3 is 0 Å². The fourth-order valence-electron chi connectivity index (χ4n) is 1.87. The number of rotatable bonds is 2. The van der Waals surface area contributed by atoms with Crippen molar-refractivity contribution in [3.63, 3.8) is 0 Å². The fraction of sp³-hybridized carbons (Fsp3) is 1.00. The van der Waals surface area contributed by atoms with E-state index in [0.717, 1.165) is 10.5 Å². The molecule has 0 amide bonds. The molecule has 1 aliphatic rings. The Balaban J connectivity index is 2.44. The van der Waals surface area contributed by atoms with E-state index in [9.17, 15) is 0 Å². The van der Waals surface area contributed by atoms with Gasteiger partial charge in [-0.2, -0.15) is 11.8 Å². The summed E-state index contributed by atoms with van der Waals surface area (Å²) in [5.41, 5.74) is 0. The van der Waals surface area contributed by atoms with E-state index in [1.807, 2.05) is 0 Å². The van der Waals surface area contributed by atoms with Crippen LogP contribution in [0, 0.1) is 0 Å². The van der Waals surface area contributed by atoms with Crippen LogP contribution in [-0.4, -0.2) is 29.3 Å². The minimum atomic E-state index is 0.647. The van der Waals surface area contributed by atoms with Gasteiger partial charge in [0.25, 0.3) is 0 Å². The van der Waals surface area contributed by atoms with E-state index in [1.54, 1.807) is 0 Å². The summed E-state index contributed by atoms with van der Waals surface area (Å²) < 4.78 is 0. The van der Waals surface area contributed by atoms with Gasteiger partial charge in [-0.1, -0.05) is 6.42 Å². The first-order valence-electron chi connectivity index (χ1n) is 4.35. The van der Waals surface area contributed by atoms with Crippen LogP contribution in [0.4, 0.5) is 0 Å². The highest BCUT2D eigenvalue weighted by atomic mass is 32.2. The van der Waals surface area contributed by atoms with Gasteiger partial charge >= 0.3 is 0 Å². The molecular weight excluding hydrogens is 172 g/mol. The first kappa shape index (κ1) is 9.79. The highest BCUT2D eigenvalue weighted by Gasteiger charge is 2.32. The predicted molar refractivity (Wildman–Crippen MR) is 58.8 cm³/mol. The maximum absolute atomic E-state index is 2.40. The van der Waals surface area contributed by atoms with Crippen molar-refractivity contribution in [1.29, 1.82) is 0 Å². The van der Waals surface area contributed by atoms with Crippen molar-refractivity contribution >= 4 is 22.7 Å². The third-order valence-corrected chi connectivity index (χ3v) is 5.67. The van der Waals surface area contributed by atoms with Crippen LogP contribution in [0.25, 0.3) is 0 Å². The zero-order chi connectivity index (χ0) is 8.27. The van der Waals surface area contributed by atoms with E-state index in [-0.39, 0.29) is 0 Å². The Labute approximate surface area is 77.9 Å². The second-order valence-electron chi connectivity index (χ2n) is 3.48. The van der Waals surface area contributed by atoms with E-state index in [1.165, 1.54) is 25.7 Å². The Kier molecular flexibility index (Phi) is 4.14. The molecule has 2 unspecified atom stereocenters. The molecule has 2 heteroatoms. The normalized spacial score (nSPS) is 32.7. The summed E-state index contributed by atoms with van der Waals surface area (Å²) in [5, 5.41) is 2.00. The van der Waals surface area contributed by atoms with Gasteiger partial charge in [-0.15, -0.1) is 0 Å². The van der Waals surface area contributed by atoms with E-state index in [0.29, 0.717) is 10.9 Å². The minimum Gasteiger partial charge on any atom is -0.157 e. The van der Waals surface area contributed by atoms with Gasteiger partial charge in [0.2, 0.25) is 0 Å². The van der Waals surface area contributed by atoms with E-state index >= 15 is 0 Å². The third kappa shape index (κ3) is 2.59. The van der Waals surface area contributed by atoms with Gasteiger partial charge in [0.15, 0.2) is 0 Å². The molecule has 1 aliphatic carbocycles. The van der Waals surface area contributed by atoms with Crippen LogP contribution >= 0.6 is 11.8 Å². The Morgan fingerprint density at radius 1 is 1.18 bits per heavy atom. The first-order valence-corrected chi connectivity index (χ1v) is 7.74. The summed E-state index contributed by atoms with van der Waals surface area (Å²) in [7, 11) is 0.647. The topological polar surface area (TPSA) is 0 Å². The lowest BCUT2D eigenvalue weighted by Gasteiger charge is -2.27. The number of thioether (sulfide) groups is 1. The Morgan fingerprint density at radius 3 is 2.27 bits per heavy atom. The molecule has 0 aliphatic heterocycles. The maximum atomic E-state index is 2.40. The fourth-order valence-corrected chi connectivity index (χ4v) is 5.10. The van der Waals surface area contributed by atoms with Crippen molar-refractivity contribution < 1.29 is 0 Å². The van der Waals surface area contributed by atoms with Gasteiger partial charge in [-0.25, -0.2) is 0 Å². The van der Waals surface area contributed by atoms with Crippen molar-refractivity contribution in [1.82, 2.24) is 0 Å². The number of hydrogen-bond donors (Lipinski definition) is 0. The Bertz CT molecular complexity index is 112. The van der Waals surface area contributed by atoms with Crippen LogP contribution in [0.2, 0.25) is 0 Å². The summed E-state index contributed by atoms with van der Waals surface area (Å²) in [6, 6.07) is 0. The molecular formula is C9H19S2+. The van der Waals surface area contributed by atoms with Crippen molar-refractivity contribution in [3.05, 3.63) is 0 Å². The molecule has 0 N–H and O–H groups in total. The average Bonchev–Trinajstić information content (AvgIpc) is 2.04. The van der Waals surface area contributed by atoms with Crippen molar-refractivity contribution in [2.24, 2.45) is 0 Å². The molecule has 0 heterocycles. The molecule has 1 fully saturated rings. The molecule has 1 saturated carbocycles. The Hall–Kier alpha value is 0.700. The molecule has 0 nitrogen and oxygen atoms in total. The monoisotopic (exact) mass is 191 g/mol. The van der Waals surface area contributed by atoms with Crippen molar-refractivity contribution in [2.45, 2.75) is 36.2 Å². The van der Waals surface area contributed by atoms with E-state index in [2.05, 4.69) is 30.5 Å². The molecule has 0 aromatic rings. The van der Waals surface area contributed by atoms with Gasteiger partial charge in [-0.3, -0.25) is 0 Å². The minimum absolute atomic E-state index is 0.647. The maximum Gasteiger partial charge on any atom is 0.129 e. The summed E-state index contributed by atoms with van der Waals surface area (Å²) in [4.78, 5) is 0. The lowest BCUT2D eigenvalue weighted by atomic mass is 10.00. The smallest absolute Gasteiger partial charge is 0.129 e. The van der Waals surface area contributed by atoms with Gasteiger partial charge in [-0.05, 0) is 36.4 Å². The van der Waals surface area contributed by atoms with Gasteiger partial charge in [0.1, 0.15) is 5.25 Å². The molecule has 66 valence electrons. The Morgan fingerprint density at radius 2 is 1.82 bits per heavy atom. The summed E-state index contributed by atoms with van der Waals surface area (Å²) in [5.74, 6) is 0. The van der Waals surface area contributed by atoms with E-state index < -0.39 is 0 Å². The van der Waals surface area contributed by atoms with Crippen LogP contribution in [-0.2, 0) is 10.9 Å². The van der Waals surface area contributed by atoms with E-state index in [4.69, 9.17) is 0 Å². The first-order chi connectivity index (χ1) is 5.25. The molecule has 0 spiro atoms. The third-order valence-electron chi connectivity index (χ3n) is 2.55. The molecule has 0 aromatic carbocycles. The lowest BCUT2D eigenvalue weighted by Crippen LogP contribution is -2.33. The summed E-state index contributed by atoms with van der Waals surface area (Å²) in [6.45, 7) is 0. The van der Waals surface area contributed by atoms with Gasteiger partial charge in [0, 0.05) is 0 Å². The summed E-state index contributed by atoms with van der Waals surface area (Å²) >= 11 is 2.09. The quantitative estimate of drug-likeness (QED) is 0.605. The van der Waals surface area contributed by atoms with Gasteiger partial charge in [0.05, 0.1) is 17.8 Å². The molecule has 0 bridgehead atoms. The predicted octanol–water partition coefficient (Wildman–Crippen LogP) is 2.54. The standard InChI is InChI=1S/C9H19S2/c1-10-8-6-4-5-7-9(8)11(2)3/h8-9H,4-7H2,1-3H3/q+1. The van der Waals surface area contributed by atoms with Crippen molar-refractivity contribution in [3.8, 4) is 0 Å².